The van der Waals surface area contributed by atoms with Crippen molar-refractivity contribution in [2.75, 3.05) is 21.2 Å². The highest BCUT2D eigenvalue weighted by Gasteiger charge is 2.34. The second-order valence-electron chi connectivity index (χ2n) is 6.28. The van der Waals surface area contributed by atoms with Gasteiger partial charge in [0.05, 0.1) is 17.2 Å². The molecule has 1 aliphatic rings. The average Bonchev–Trinajstić information content (AvgIpc) is 2.55. The minimum Gasteiger partial charge on any atom is -0.376 e. The van der Waals surface area contributed by atoms with Gasteiger partial charge in [-0.25, -0.2) is 0 Å². The molecular formula is C18H24Cl2N2O2. The molecular weight excluding hydrogens is 347 g/mol. The molecule has 132 valence electrons. The van der Waals surface area contributed by atoms with Gasteiger partial charge in [-0.05, 0) is 56.8 Å². The summed E-state index contributed by atoms with van der Waals surface area (Å²) in [6.45, 7) is 3.91. The van der Waals surface area contributed by atoms with Gasteiger partial charge in [0.25, 0.3) is 0 Å². The van der Waals surface area contributed by atoms with Crippen molar-refractivity contribution in [3.05, 3.63) is 51.8 Å². The summed E-state index contributed by atoms with van der Waals surface area (Å²) >= 11 is 12.7. The molecule has 4 atom stereocenters. The van der Waals surface area contributed by atoms with Gasteiger partial charge in [-0.15, -0.1) is 11.6 Å². The zero-order valence-corrected chi connectivity index (χ0v) is 16.1. The Bertz CT molecular complexity index is 639. The molecule has 0 radical (unpaired) electrons. The van der Waals surface area contributed by atoms with Gasteiger partial charge >= 0.3 is 0 Å². The van der Waals surface area contributed by atoms with Crippen LogP contribution in [0.15, 0.2) is 40.6 Å². The Labute approximate surface area is 153 Å². The maximum absolute atomic E-state index is 10.1. The number of halogens is 2. The third-order valence-corrected chi connectivity index (χ3v) is 5.06. The summed E-state index contributed by atoms with van der Waals surface area (Å²) < 4.78 is 5.74. The lowest BCUT2D eigenvalue weighted by molar-refractivity contribution is 0.0357. The molecule has 0 amide bonds. The van der Waals surface area contributed by atoms with Crippen LogP contribution in [-0.4, -0.2) is 47.7 Å². The molecule has 1 aromatic heterocycles. The van der Waals surface area contributed by atoms with Crippen molar-refractivity contribution >= 4 is 23.2 Å². The van der Waals surface area contributed by atoms with Gasteiger partial charge in [-0.3, -0.25) is 9.88 Å². The first kappa shape index (κ1) is 19.4. The van der Waals surface area contributed by atoms with Gasteiger partial charge < -0.3 is 9.84 Å². The monoisotopic (exact) mass is 370 g/mol. The van der Waals surface area contributed by atoms with Gasteiger partial charge in [-0.2, -0.15) is 0 Å². The van der Waals surface area contributed by atoms with Crippen molar-refractivity contribution in [2.45, 2.75) is 37.5 Å². The molecule has 0 aliphatic heterocycles. The van der Waals surface area contributed by atoms with Crippen molar-refractivity contribution in [3.63, 3.8) is 0 Å². The normalized spacial score (nSPS) is 24.1. The Hall–Kier alpha value is -0.910. The summed E-state index contributed by atoms with van der Waals surface area (Å²) in [4.78, 5) is 6.10. The van der Waals surface area contributed by atoms with Crippen LogP contribution in [-0.2, 0) is 4.74 Å². The minimum absolute atomic E-state index is 0.0539. The van der Waals surface area contributed by atoms with Crippen LogP contribution in [0.25, 0.3) is 0 Å². The van der Waals surface area contributed by atoms with E-state index in [4.69, 9.17) is 27.9 Å². The Morgan fingerprint density at radius 2 is 2.00 bits per heavy atom. The number of pyridine rings is 1. The predicted molar refractivity (Wildman–Crippen MR) is 98.4 cm³/mol. The second-order valence-corrected chi connectivity index (χ2v) is 7.34. The first-order valence-electron chi connectivity index (χ1n) is 7.82. The molecule has 1 N–H and O–H groups in total. The van der Waals surface area contributed by atoms with Gasteiger partial charge in [-0.1, -0.05) is 17.7 Å². The molecule has 0 bridgehead atoms. The molecule has 1 heterocycles. The van der Waals surface area contributed by atoms with Gasteiger partial charge in [0.15, 0.2) is 0 Å². The number of aliphatic hydroxyl groups is 1. The third-order valence-electron chi connectivity index (χ3n) is 4.40. The summed E-state index contributed by atoms with van der Waals surface area (Å²) in [6, 6.07) is 3.79. The number of hydrogen-bond acceptors (Lipinski definition) is 4. The number of aliphatic hydroxyl groups excluding tert-OH is 1. The Morgan fingerprint density at radius 1 is 1.33 bits per heavy atom. The van der Waals surface area contributed by atoms with E-state index in [1.54, 1.807) is 32.3 Å². The number of nitrogens with zero attached hydrogens (tertiary/aromatic N) is 2. The first-order valence-corrected chi connectivity index (χ1v) is 8.64. The molecule has 0 fully saturated rings. The molecule has 6 heteroatoms. The Morgan fingerprint density at radius 3 is 2.46 bits per heavy atom. The SMILES string of the molecule is COC1C(C(C)Cl)=CC(Cl)=C(C)C1c1ccc(C(O)N(C)C)nc1. The van der Waals surface area contributed by atoms with Crippen LogP contribution in [0.5, 0.6) is 0 Å². The standard InChI is InChI=1S/C18H24Cl2N2O2/c1-10-14(20)8-13(11(2)19)17(24-5)16(10)12-6-7-15(21-9-12)18(23)22(3)4/h6-9,11,16-18,23H,1-5H3. The number of ether oxygens (including phenoxy) is 1. The zero-order chi connectivity index (χ0) is 18.0. The molecule has 1 aliphatic carbocycles. The topological polar surface area (TPSA) is 45.6 Å². The highest BCUT2D eigenvalue weighted by molar-refractivity contribution is 6.32. The lowest BCUT2D eigenvalue weighted by atomic mass is 9.79. The molecule has 1 aromatic rings. The van der Waals surface area contributed by atoms with Crippen molar-refractivity contribution in [2.24, 2.45) is 0 Å². The highest BCUT2D eigenvalue weighted by Crippen LogP contribution is 2.41. The van der Waals surface area contributed by atoms with E-state index in [2.05, 4.69) is 4.98 Å². The maximum Gasteiger partial charge on any atom is 0.150 e. The molecule has 0 saturated carbocycles. The first-order chi connectivity index (χ1) is 11.3. The van der Waals surface area contributed by atoms with Crippen LogP contribution >= 0.6 is 23.2 Å². The van der Waals surface area contributed by atoms with Crippen molar-refractivity contribution in [1.82, 2.24) is 9.88 Å². The summed E-state index contributed by atoms with van der Waals surface area (Å²) in [7, 11) is 5.27. The molecule has 24 heavy (non-hydrogen) atoms. The zero-order valence-electron chi connectivity index (χ0n) is 14.6. The van der Waals surface area contributed by atoms with Crippen LogP contribution in [0, 0.1) is 0 Å². The molecule has 4 unspecified atom stereocenters. The number of aromatic nitrogens is 1. The lowest BCUT2D eigenvalue weighted by Gasteiger charge is -2.34. The predicted octanol–water partition coefficient (Wildman–Crippen LogP) is 3.81. The fraction of sp³-hybridized carbons (Fsp3) is 0.500. The highest BCUT2D eigenvalue weighted by atomic mass is 35.5. The summed E-state index contributed by atoms with van der Waals surface area (Å²) in [5.41, 5.74) is 3.56. The van der Waals surface area contributed by atoms with E-state index in [0.717, 1.165) is 16.7 Å². The van der Waals surface area contributed by atoms with Gasteiger partial charge in [0.1, 0.15) is 6.23 Å². The third kappa shape index (κ3) is 3.84. The quantitative estimate of drug-likeness (QED) is 0.632. The molecule has 2 rings (SSSR count). The van der Waals surface area contributed by atoms with E-state index in [0.29, 0.717) is 10.7 Å². The fourth-order valence-corrected chi connectivity index (χ4v) is 3.40. The Kier molecular flexibility index (Phi) is 6.46. The Balaban J connectivity index is 2.41. The van der Waals surface area contributed by atoms with E-state index >= 15 is 0 Å². The summed E-state index contributed by atoms with van der Waals surface area (Å²) in [6.07, 6.45) is 2.75. The van der Waals surface area contributed by atoms with E-state index in [1.165, 1.54) is 0 Å². The number of alkyl halides is 1. The number of methoxy groups -OCH3 is 1. The minimum atomic E-state index is -0.734. The van der Waals surface area contributed by atoms with Gasteiger partial charge in [0.2, 0.25) is 0 Å². The second kappa shape index (κ2) is 7.98. The average molecular weight is 371 g/mol. The van der Waals surface area contributed by atoms with E-state index in [9.17, 15) is 5.11 Å². The smallest absolute Gasteiger partial charge is 0.150 e. The van der Waals surface area contributed by atoms with Crippen LogP contribution in [0.3, 0.4) is 0 Å². The van der Waals surface area contributed by atoms with E-state index in [1.807, 2.05) is 32.1 Å². The van der Waals surface area contributed by atoms with Crippen LogP contribution < -0.4 is 0 Å². The summed E-state index contributed by atoms with van der Waals surface area (Å²) in [5, 5.41) is 10.6. The van der Waals surface area contributed by atoms with E-state index < -0.39 is 6.23 Å². The van der Waals surface area contributed by atoms with E-state index in [-0.39, 0.29) is 17.4 Å². The molecule has 0 spiro atoms. The van der Waals surface area contributed by atoms with Crippen LogP contribution in [0.2, 0.25) is 0 Å². The maximum atomic E-state index is 10.1. The van der Waals surface area contributed by atoms with Crippen molar-refractivity contribution < 1.29 is 9.84 Å². The van der Waals surface area contributed by atoms with Crippen molar-refractivity contribution in [1.29, 1.82) is 0 Å². The molecule has 4 nitrogen and oxygen atoms in total. The van der Waals surface area contributed by atoms with Crippen LogP contribution in [0.4, 0.5) is 0 Å². The van der Waals surface area contributed by atoms with Crippen molar-refractivity contribution in [3.8, 4) is 0 Å². The molecule has 0 aromatic carbocycles. The summed E-state index contributed by atoms with van der Waals surface area (Å²) in [5.74, 6) is -0.0539. The fourth-order valence-electron chi connectivity index (χ4n) is 2.97. The largest absolute Gasteiger partial charge is 0.376 e. The number of allylic oxidation sites excluding steroid dienone is 2. The van der Waals surface area contributed by atoms with Crippen LogP contribution in [0.1, 0.15) is 37.3 Å². The lowest BCUT2D eigenvalue weighted by Crippen LogP contribution is -2.30. The molecule has 0 saturated heterocycles. The number of hydrogen-bond donors (Lipinski definition) is 1. The number of rotatable bonds is 5. The van der Waals surface area contributed by atoms with Gasteiger partial charge in [0, 0.05) is 24.3 Å².